The molecule has 0 aromatic carbocycles. The molecule has 0 N–H and O–H groups in total. The van der Waals surface area contributed by atoms with Gasteiger partial charge in [0.2, 0.25) is 0 Å². The molecule has 0 aliphatic heterocycles. The van der Waals surface area contributed by atoms with Crippen molar-refractivity contribution < 1.29 is 0 Å². The average molecular weight is 123 g/mol. The molecular weight excluding hydrogens is 112 g/mol. The Kier molecular flexibility index (Phi) is 4.54. The molecule has 0 amide bonds. The van der Waals surface area contributed by atoms with E-state index in [0.29, 0.717) is 0 Å². The summed E-state index contributed by atoms with van der Waals surface area (Å²) in [5.74, 6) is 0. The zero-order chi connectivity index (χ0) is 4.99. The molecule has 2 atom stereocenters. The van der Waals surface area contributed by atoms with Crippen molar-refractivity contribution in [2.24, 2.45) is 0 Å². The van der Waals surface area contributed by atoms with E-state index in [0.717, 1.165) is 15.0 Å². The van der Waals surface area contributed by atoms with E-state index in [1.165, 1.54) is 0 Å². The van der Waals surface area contributed by atoms with Crippen molar-refractivity contribution in [2.75, 3.05) is 20.0 Å². The monoisotopic (exact) mass is 123 g/mol. The predicted octanol–water partition coefficient (Wildman–Crippen LogP) is 0.974. The van der Waals surface area contributed by atoms with Crippen molar-refractivity contribution in [3.63, 3.8) is 0 Å². The molecule has 0 fully saturated rings. The smallest absolute Gasteiger partial charge is 0.0159 e. The summed E-state index contributed by atoms with van der Waals surface area (Å²) in [6, 6.07) is 0. The Labute approximate surface area is 43.5 Å². The summed E-state index contributed by atoms with van der Waals surface area (Å²) in [6.07, 6.45) is 1.09. The predicted molar refractivity (Wildman–Crippen MR) is 36.6 cm³/mol. The molecule has 3 heteroatoms. The molecule has 1 nitrogen and oxygen atoms in total. The van der Waals surface area contributed by atoms with Crippen LogP contribution < -0.4 is 0 Å². The summed E-state index contributed by atoms with van der Waals surface area (Å²) in [5.41, 5.74) is 0. The van der Waals surface area contributed by atoms with Crippen LogP contribution >= 0.6 is 18.0 Å². The van der Waals surface area contributed by atoms with Gasteiger partial charge in [0.15, 0.2) is 0 Å². The fourth-order valence-electron chi connectivity index (χ4n) is 0.0913. The third kappa shape index (κ3) is 3.03. The zero-order valence-corrected chi connectivity index (χ0v) is 6.39. The van der Waals surface area contributed by atoms with Crippen LogP contribution in [-0.2, 0) is 0 Å². The van der Waals surface area contributed by atoms with Crippen LogP contribution in [0.4, 0.5) is 0 Å². The first-order valence-corrected chi connectivity index (χ1v) is 4.16. The standard InChI is InChI=1S/C3H11NP2/c1-4(3-5)6-2/h6H,3,5H2,1-2H3. The van der Waals surface area contributed by atoms with Crippen molar-refractivity contribution >= 4 is 18.0 Å². The van der Waals surface area contributed by atoms with E-state index in [4.69, 9.17) is 0 Å². The second-order valence-corrected chi connectivity index (χ2v) is 2.68. The van der Waals surface area contributed by atoms with Gasteiger partial charge in [-0.3, -0.25) is 4.67 Å². The zero-order valence-electron chi connectivity index (χ0n) is 4.23. The minimum Gasteiger partial charge on any atom is -0.284 e. The van der Waals surface area contributed by atoms with Crippen LogP contribution in [0.2, 0.25) is 0 Å². The summed E-state index contributed by atoms with van der Waals surface area (Å²) >= 11 is 0. The van der Waals surface area contributed by atoms with Crippen LogP contribution in [0.3, 0.4) is 0 Å². The summed E-state index contributed by atoms with van der Waals surface area (Å²) in [7, 11) is 5.72. The first-order valence-electron chi connectivity index (χ1n) is 1.90. The van der Waals surface area contributed by atoms with Crippen molar-refractivity contribution in [3.8, 4) is 0 Å². The van der Waals surface area contributed by atoms with Crippen LogP contribution in [0.25, 0.3) is 0 Å². The van der Waals surface area contributed by atoms with E-state index in [2.05, 4.69) is 27.6 Å². The van der Waals surface area contributed by atoms with Gasteiger partial charge in [0.1, 0.15) is 0 Å². The highest BCUT2D eigenvalue weighted by molar-refractivity contribution is 7.35. The molecule has 0 aliphatic carbocycles. The minimum absolute atomic E-state index is 0.944. The van der Waals surface area contributed by atoms with E-state index in [1.54, 1.807) is 0 Å². The molecule has 0 saturated carbocycles. The summed E-state index contributed by atoms with van der Waals surface area (Å²) in [4.78, 5) is 0. The van der Waals surface area contributed by atoms with Gasteiger partial charge >= 0.3 is 0 Å². The Hall–Kier alpha value is 0.820. The molecule has 38 valence electrons. The van der Waals surface area contributed by atoms with Crippen molar-refractivity contribution in [3.05, 3.63) is 0 Å². The lowest BCUT2D eigenvalue weighted by Gasteiger charge is -2.07. The Balaban J connectivity index is 2.75. The third-order valence-corrected chi connectivity index (χ3v) is 2.51. The fourth-order valence-corrected chi connectivity index (χ4v) is 0.822. The van der Waals surface area contributed by atoms with Gasteiger partial charge in [0.05, 0.1) is 0 Å². The molecule has 2 unspecified atom stereocenters. The average Bonchev–Trinajstić information content (AvgIpc) is 1.65. The summed E-state index contributed by atoms with van der Waals surface area (Å²) in [5, 5.41) is 0. The SMILES string of the molecule is CPN(C)CP. The number of hydrogen-bond donors (Lipinski definition) is 0. The highest BCUT2D eigenvalue weighted by Gasteiger charge is 1.81. The lowest BCUT2D eigenvalue weighted by Crippen LogP contribution is -2.00. The molecule has 0 bridgehead atoms. The van der Waals surface area contributed by atoms with Crippen molar-refractivity contribution in [1.82, 2.24) is 4.67 Å². The first-order chi connectivity index (χ1) is 2.81. The quantitative estimate of drug-likeness (QED) is 0.494. The van der Waals surface area contributed by atoms with Gasteiger partial charge in [-0.25, -0.2) is 0 Å². The Morgan fingerprint density at radius 3 is 2.33 bits per heavy atom. The van der Waals surface area contributed by atoms with Gasteiger partial charge in [-0.15, -0.1) is 9.24 Å². The van der Waals surface area contributed by atoms with E-state index in [1.807, 2.05) is 0 Å². The number of nitrogens with zero attached hydrogens (tertiary/aromatic N) is 1. The lowest BCUT2D eigenvalue weighted by atomic mass is 11.2. The van der Waals surface area contributed by atoms with Crippen LogP contribution in [0.5, 0.6) is 0 Å². The summed E-state index contributed by atoms with van der Waals surface area (Å²) in [6.45, 7) is 2.17. The maximum atomic E-state index is 2.67. The van der Waals surface area contributed by atoms with Crippen molar-refractivity contribution in [1.29, 1.82) is 0 Å². The Morgan fingerprint density at radius 2 is 2.33 bits per heavy atom. The molecule has 0 aliphatic rings. The molecule has 0 heterocycles. The van der Waals surface area contributed by atoms with E-state index in [9.17, 15) is 0 Å². The van der Waals surface area contributed by atoms with Crippen LogP contribution in [-0.4, -0.2) is 24.7 Å². The van der Waals surface area contributed by atoms with Gasteiger partial charge in [-0.05, 0) is 13.7 Å². The molecule has 0 radical (unpaired) electrons. The molecular formula is C3H11NP2. The minimum atomic E-state index is 0.944. The highest BCUT2D eigenvalue weighted by Crippen LogP contribution is 2.08. The van der Waals surface area contributed by atoms with E-state index < -0.39 is 0 Å². The molecule has 0 rings (SSSR count). The molecule has 0 aromatic rings. The van der Waals surface area contributed by atoms with E-state index in [-0.39, 0.29) is 0 Å². The van der Waals surface area contributed by atoms with Gasteiger partial charge in [-0.2, -0.15) is 0 Å². The fraction of sp³-hybridized carbons (Fsp3) is 1.00. The topological polar surface area (TPSA) is 3.24 Å². The third-order valence-electron chi connectivity index (χ3n) is 0.656. The maximum absolute atomic E-state index is 2.67. The van der Waals surface area contributed by atoms with Crippen LogP contribution in [0, 0.1) is 0 Å². The molecule has 6 heavy (non-hydrogen) atoms. The highest BCUT2D eigenvalue weighted by atomic mass is 31.1. The Morgan fingerprint density at radius 1 is 1.83 bits per heavy atom. The number of rotatable bonds is 2. The Bertz CT molecular complexity index is 28.0. The second kappa shape index (κ2) is 3.99. The second-order valence-electron chi connectivity index (χ2n) is 1.10. The van der Waals surface area contributed by atoms with Gasteiger partial charge < -0.3 is 0 Å². The lowest BCUT2D eigenvalue weighted by molar-refractivity contribution is 0.668. The molecule has 0 aromatic heterocycles. The maximum Gasteiger partial charge on any atom is 0.0159 e. The van der Waals surface area contributed by atoms with Crippen molar-refractivity contribution in [2.45, 2.75) is 0 Å². The molecule has 0 spiro atoms. The van der Waals surface area contributed by atoms with Crippen LogP contribution in [0.1, 0.15) is 0 Å². The van der Waals surface area contributed by atoms with Crippen LogP contribution in [0.15, 0.2) is 0 Å². The molecule has 0 saturated heterocycles. The first kappa shape index (κ1) is 6.82. The number of hydrogen-bond acceptors (Lipinski definition) is 1. The largest absolute Gasteiger partial charge is 0.284 e. The van der Waals surface area contributed by atoms with Gasteiger partial charge in [0, 0.05) is 6.29 Å². The van der Waals surface area contributed by atoms with E-state index >= 15 is 0 Å². The summed E-state index contributed by atoms with van der Waals surface area (Å²) < 4.78 is 2.24. The van der Waals surface area contributed by atoms with Gasteiger partial charge in [0.25, 0.3) is 0 Å². The van der Waals surface area contributed by atoms with Gasteiger partial charge in [-0.1, -0.05) is 8.73 Å². The normalized spacial score (nSPS) is 12.0.